The first-order valence-electron chi connectivity index (χ1n) is 7.72. The summed E-state index contributed by atoms with van der Waals surface area (Å²) in [5.41, 5.74) is 1.48. The Hall–Kier alpha value is -2.99. The van der Waals surface area contributed by atoms with Crippen molar-refractivity contribution in [2.45, 2.75) is 6.42 Å². The molecule has 0 bridgehead atoms. The van der Waals surface area contributed by atoms with E-state index in [-0.39, 0.29) is 12.3 Å². The average Bonchev–Trinajstić information content (AvgIpc) is 2.97. The van der Waals surface area contributed by atoms with Crippen molar-refractivity contribution in [1.29, 1.82) is 0 Å². The van der Waals surface area contributed by atoms with Crippen LogP contribution in [-0.4, -0.2) is 35.8 Å². The van der Waals surface area contributed by atoms with Gasteiger partial charge in [0.2, 0.25) is 0 Å². The first-order valence-corrected chi connectivity index (χ1v) is 8.10. The summed E-state index contributed by atoms with van der Waals surface area (Å²) >= 11 is 5.88. The fourth-order valence-corrected chi connectivity index (χ4v) is 2.95. The molecule has 0 spiro atoms. The Bertz CT molecular complexity index is 991. The highest BCUT2D eigenvalue weighted by Crippen LogP contribution is 2.35. The number of benzene rings is 2. The number of carbonyl (C=O) groups is 2. The summed E-state index contributed by atoms with van der Waals surface area (Å²) in [4.78, 5) is 24.1. The summed E-state index contributed by atoms with van der Waals surface area (Å²) in [7, 11) is 2.99. The SMILES string of the molecule is COc1cc2c(CC(=O)O)cn(C(=O)c3ccc(Cl)cc3)c2cc1OC. The van der Waals surface area contributed by atoms with Gasteiger partial charge in [0.15, 0.2) is 11.5 Å². The van der Waals surface area contributed by atoms with Crippen LogP contribution in [-0.2, 0) is 11.2 Å². The van der Waals surface area contributed by atoms with Crippen LogP contribution in [0.15, 0.2) is 42.6 Å². The van der Waals surface area contributed by atoms with Gasteiger partial charge < -0.3 is 14.6 Å². The Morgan fingerprint density at radius 1 is 1.08 bits per heavy atom. The van der Waals surface area contributed by atoms with Crippen LogP contribution in [0.2, 0.25) is 5.02 Å². The number of methoxy groups -OCH3 is 2. The summed E-state index contributed by atoms with van der Waals surface area (Å²) in [6.45, 7) is 0. The number of aliphatic carboxylic acids is 1. The summed E-state index contributed by atoms with van der Waals surface area (Å²) in [6, 6.07) is 9.83. The van der Waals surface area contributed by atoms with Crippen molar-refractivity contribution < 1.29 is 24.2 Å². The molecule has 26 heavy (non-hydrogen) atoms. The van der Waals surface area contributed by atoms with Gasteiger partial charge >= 0.3 is 5.97 Å². The molecule has 134 valence electrons. The largest absolute Gasteiger partial charge is 0.493 e. The standard InChI is InChI=1S/C19H16ClNO5/c1-25-16-8-14-12(7-18(22)23)10-21(15(14)9-17(16)26-2)19(24)11-3-5-13(20)6-4-11/h3-6,8-10H,7H2,1-2H3,(H,22,23). The Kier molecular flexibility index (Phi) is 4.86. The molecule has 0 unspecified atom stereocenters. The predicted molar refractivity (Wildman–Crippen MR) is 97.6 cm³/mol. The number of fused-ring (bicyclic) bond motifs is 1. The zero-order chi connectivity index (χ0) is 18.8. The maximum absolute atomic E-state index is 12.9. The maximum Gasteiger partial charge on any atom is 0.307 e. The van der Waals surface area contributed by atoms with E-state index in [2.05, 4.69) is 0 Å². The molecule has 0 saturated carbocycles. The van der Waals surface area contributed by atoms with Crippen molar-refractivity contribution in [3.63, 3.8) is 0 Å². The number of nitrogens with zero attached hydrogens (tertiary/aromatic N) is 1. The van der Waals surface area contributed by atoms with Crippen LogP contribution in [0.1, 0.15) is 15.9 Å². The molecule has 0 saturated heterocycles. The molecule has 3 rings (SSSR count). The molecule has 0 aliphatic heterocycles. The van der Waals surface area contributed by atoms with Crippen molar-refractivity contribution >= 4 is 34.4 Å². The van der Waals surface area contributed by atoms with Crippen molar-refractivity contribution in [3.8, 4) is 11.5 Å². The Balaban J connectivity index is 2.22. The number of aromatic nitrogens is 1. The van der Waals surface area contributed by atoms with Gasteiger partial charge in [0, 0.05) is 28.2 Å². The van der Waals surface area contributed by atoms with Gasteiger partial charge in [0.05, 0.1) is 26.2 Å². The van der Waals surface area contributed by atoms with Crippen LogP contribution in [0.3, 0.4) is 0 Å². The molecule has 0 aliphatic rings. The zero-order valence-electron chi connectivity index (χ0n) is 14.2. The highest BCUT2D eigenvalue weighted by atomic mass is 35.5. The van der Waals surface area contributed by atoms with Crippen LogP contribution in [0.4, 0.5) is 0 Å². The third-order valence-corrected chi connectivity index (χ3v) is 4.30. The van der Waals surface area contributed by atoms with Crippen LogP contribution in [0.25, 0.3) is 10.9 Å². The molecule has 3 aromatic rings. The summed E-state index contributed by atoms with van der Waals surface area (Å²) < 4.78 is 12.0. The molecule has 7 heteroatoms. The van der Waals surface area contributed by atoms with Crippen molar-refractivity contribution in [1.82, 2.24) is 4.57 Å². The highest BCUT2D eigenvalue weighted by molar-refractivity contribution is 6.30. The van der Waals surface area contributed by atoms with E-state index < -0.39 is 5.97 Å². The van der Waals surface area contributed by atoms with Gasteiger partial charge in [-0.25, -0.2) is 0 Å². The van der Waals surface area contributed by atoms with Crippen molar-refractivity contribution in [3.05, 3.63) is 58.7 Å². The van der Waals surface area contributed by atoms with Gasteiger partial charge in [0.25, 0.3) is 5.91 Å². The van der Waals surface area contributed by atoms with E-state index >= 15 is 0 Å². The molecular formula is C19H16ClNO5. The first-order chi connectivity index (χ1) is 12.4. The third kappa shape index (κ3) is 3.23. The van der Waals surface area contributed by atoms with Gasteiger partial charge in [-0.15, -0.1) is 0 Å². The fourth-order valence-electron chi connectivity index (χ4n) is 2.82. The highest BCUT2D eigenvalue weighted by Gasteiger charge is 2.19. The van der Waals surface area contributed by atoms with Crippen LogP contribution < -0.4 is 9.47 Å². The average molecular weight is 374 g/mol. The Labute approximate surface area is 154 Å². The number of carboxylic acids is 1. The zero-order valence-corrected chi connectivity index (χ0v) is 14.9. The van der Waals surface area contributed by atoms with Crippen LogP contribution in [0, 0.1) is 0 Å². The first kappa shape index (κ1) is 17.8. The smallest absolute Gasteiger partial charge is 0.307 e. The molecule has 1 N–H and O–H groups in total. The van der Waals surface area contributed by atoms with Gasteiger partial charge in [0.1, 0.15) is 0 Å². The second kappa shape index (κ2) is 7.09. The van der Waals surface area contributed by atoms with Crippen LogP contribution in [0.5, 0.6) is 11.5 Å². The Morgan fingerprint density at radius 3 is 2.27 bits per heavy atom. The molecule has 0 atom stereocenters. The number of halogens is 1. The lowest BCUT2D eigenvalue weighted by Crippen LogP contribution is -2.10. The van der Waals surface area contributed by atoms with Gasteiger partial charge in [-0.05, 0) is 35.9 Å². The molecule has 0 aliphatic carbocycles. The molecule has 1 aromatic heterocycles. The predicted octanol–water partition coefficient (Wildman–Crippen LogP) is 3.63. The molecule has 0 radical (unpaired) electrons. The van der Waals surface area contributed by atoms with E-state index in [0.29, 0.717) is 38.6 Å². The van der Waals surface area contributed by atoms with Crippen LogP contribution >= 0.6 is 11.6 Å². The summed E-state index contributed by atoms with van der Waals surface area (Å²) in [6.07, 6.45) is 1.32. The summed E-state index contributed by atoms with van der Waals surface area (Å²) in [5, 5.41) is 10.3. The summed E-state index contributed by atoms with van der Waals surface area (Å²) in [5.74, 6) is -0.373. The molecule has 0 amide bonds. The minimum Gasteiger partial charge on any atom is -0.493 e. The van der Waals surface area contributed by atoms with Gasteiger partial charge in [-0.1, -0.05) is 11.6 Å². The molecular weight excluding hydrogens is 358 g/mol. The van der Waals surface area contributed by atoms with E-state index in [1.54, 1.807) is 36.4 Å². The lowest BCUT2D eigenvalue weighted by molar-refractivity contribution is -0.136. The maximum atomic E-state index is 12.9. The van der Waals surface area contributed by atoms with E-state index in [1.165, 1.54) is 25.0 Å². The molecule has 0 fully saturated rings. The fraction of sp³-hybridized carbons (Fsp3) is 0.158. The monoisotopic (exact) mass is 373 g/mol. The number of rotatable bonds is 5. The normalized spacial score (nSPS) is 10.7. The molecule has 1 heterocycles. The van der Waals surface area contributed by atoms with Crippen molar-refractivity contribution in [2.24, 2.45) is 0 Å². The Morgan fingerprint density at radius 2 is 1.69 bits per heavy atom. The molecule has 2 aromatic carbocycles. The van der Waals surface area contributed by atoms with E-state index in [9.17, 15) is 14.7 Å². The second-order valence-electron chi connectivity index (χ2n) is 5.63. The topological polar surface area (TPSA) is 77.8 Å². The minimum absolute atomic E-state index is 0.215. The van der Waals surface area contributed by atoms with E-state index in [0.717, 1.165) is 0 Å². The van der Waals surface area contributed by atoms with E-state index in [4.69, 9.17) is 21.1 Å². The quantitative estimate of drug-likeness (QED) is 0.739. The lowest BCUT2D eigenvalue weighted by Gasteiger charge is -2.09. The molecule has 6 nitrogen and oxygen atoms in total. The van der Waals surface area contributed by atoms with Gasteiger partial charge in [-0.3, -0.25) is 14.2 Å². The minimum atomic E-state index is -0.988. The van der Waals surface area contributed by atoms with Crippen molar-refractivity contribution in [2.75, 3.05) is 14.2 Å². The number of carboxylic acid groups (broad SMARTS) is 1. The third-order valence-electron chi connectivity index (χ3n) is 4.04. The number of ether oxygens (including phenoxy) is 2. The number of hydrogen-bond acceptors (Lipinski definition) is 4. The van der Waals surface area contributed by atoms with E-state index in [1.807, 2.05) is 0 Å². The second-order valence-corrected chi connectivity index (χ2v) is 6.07. The number of hydrogen-bond donors (Lipinski definition) is 1. The lowest BCUT2D eigenvalue weighted by atomic mass is 10.1. The number of carbonyl (C=O) groups excluding carboxylic acids is 1. The van der Waals surface area contributed by atoms with Gasteiger partial charge in [-0.2, -0.15) is 0 Å².